The number of hydrogen-bond donors (Lipinski definition) is 1. The lowest BCUT2D eigenvalue weighted by atomic mass is 10.2. The highest BCUT2D eigenvalue weighted by Crippen LogP contribution is 2.22. The zero-order chi connectivity index (χ0) is 9.26. The van der Waals surface area contributed by atoms with E-state index < -0.39 is 0 Å². The molecule has 1 aliphatic carbocycles. The van der Waals surface area contributed by atoms with E-state index in [2.05, 4.69) is 24.1 Å². The van der Waals surface area contributed by atoms with Crippen molar-refractivity contribution < 1.29 is 0 Å². The highest BCUT2D eigenvalue weighted by Gasteiger charge is 2.30. The predicted octanol–water partition coefficient (Wildman–Crippen LogP) is 1.61. The van der Waals surface area contributed by atoms with Crippen molar-refractivity contribution in [3.63, 3.8) is 0 Å². The molecule has 76 valence electrons. The maximum Gasteiger partial charge on any atom is 0.0209 e. The van der Waals surface area contributed by atoms with E-state index in [-0.39, 0.29) is 0 Å². The highest BCUT2D eigenvalue weighted by atomic mass is 15.2. The third-order valence-corrected chi connectivity index (χ3v) is 3.48. The first-order chi connectivity index (χ1) is 6.29. The molecule has 0 aromatic rings. The number of nitrogens with one attached hydrogen (secondary N) is 1. The van der Waals surface area contributed by atoms with Gasteiger partial charge in [-0.1, -0.05) is 6.92 Å². The highest BCUT2D eigenvalue weighted by molar-refractivity contribution is 4.90. The van der Waals surface area contributed by atoms with Crippen molar-refractivity contribution in [3.8, 4) is 0 Å². The minimum atomic E-state index is 0.783. The van der Waals surface area contributed by atoms with E-state index >= 15 is 0 Å². The fourth-order valence-electron chi connectivity index (χ4n) is 2.17. The molecule has 2 fully saturated rings. The van der Waals surface area contributed by atoms with Gasteiger partial charge in [-0.3, -0.25) is 4.90 Å². The molecule has 0 bridgehead atoms. The molecule has 1 saturated heterocycles. The Morgan fingerprint density at radius 1 is 1.31 bits per heavy atom. The molecule has 2 nitrogen and oxygen atoms in total. The molecule has 0 spiro atoms. The number of hydrogen-bond acceptors (Lipinski definition) is 2. The number of rotatable bonds is 4. The van der Waals surface area contributed by atoms with Crippen LogP contribution in [0.1, 0.15) is 39.5 Å². The Hall–Kier alpha value is -0.0800. The van der Waals surface area contributed by atoms with Gasteiger partial charge >= 0.3 is 0 Å². The largest absolute Gasteiger partial charge is 0.310 e. The van der Waals surface area contributed by atoms with Gasteiger partial charge in [0.25, 0.3) is 0 Å². The van der Waals surface area contributed by atoms with Gasteiger partial charge in [0.1, 0.15) is 0 Å². The van der Waals surface area contributed by atoms with E-state index in [1.807, 2.05) is 0 Å². The summed E-state index contributed by atoms with van der Waals surface area (Å²) in [5, 5.41) is 3.72. The van der Waals surface area contributed by atoms with E-state index in [0.717, 1.165) is 18.1 Å². The maximum atomic E-state index is 3.72. The topological polar surface area (TPSA) is 15.3 Å². The smallest absolute Gasteiger partial charge is 0.0209 e. The van der Waals surface area contributed by atoms with Crippen LogP contribution in [0.5, 0.6) is 0 Å². The lowest BCUT2D eigenvalue weighted by Crippen LogP contribution is -2.36. The summed E-state index contributed by atoms with van der Waals surface area (Å²) in [4.78, 5) is 2.63. The molecule has 1 aliphatic heterocycles. The fraction of sp³-hybridized carbons (Fsp3) is 1.00. The van der Waals surface area contributed by atoms with Crippen LogP contribution in [-0.2, 0) is 0 Å². The van der Waals surface area contributed by atoms with Crippen molar-refractivity contribution in [2.24, 2.45) is 0 Å². The summed E-state index contributed by atoms with van der Waals surface area (Å²) >= 11 is 0. The molecular formula is C11H22N2. The molecule has 0 aromatic heterocycles. The van der Waals surface area contributed by atoms with Gasteiger partial charge in [0.05, 0.1) is 0 Å². The van der Waals surface area contributed by atoms with Gasteiger partial charge in [-0.15, -0.1) is 0 Å². The molecule has 1 N–H and O–H groups in total. The Morgan fingerprint density at radius 2 is 2.08 bits per heavy atom. The van der Waals surface area contributed by atoms with Crippen molar-refractivity contribution in [1.82, 2.24) is 10.2 Å². The minimum Gasteiger partial charge on any atom is -0.310 e. The third-order valence-electron chi connectivity index (χ3n) is 3.48. The van der Waals surface area contributed by atoms with Gasteiger partial charge in [0.2, 0.25) is 0 Å². The summed E-state index contributed by atoms with van der Waals surface area (Å²) in [5.41, 5.74) is 0. The zero-order valence-electron chi connectivity index (χ0n) is 8.92. The van der Waals surface area contributed by atoms with E-state index in [1.54, 1.807) is 0 Å². The van der Waals surface area contributed by atoms with Crippen LogP contribution in [0.3, 0.4) is 0 Å². The Bertz CT molecular complexity index is 165. The Morgan fingerprint density at radius 3 is 2.69 bits per heavy atom. The first-order valence-corrected chi connectivity index (χ1v) is 5.79. The molecule has 2 atom stereocenters. The summed E-state index contributed by atoms with van der Waals surface area (Å²) in [6.45, 7) is 7.22. The van der Waals surface area contributed by atoms with E-state index in [9.17, 15) is 0 Å². The first-order valence-electron chi connectivity index (χ1n) is 5.79. The Labute approximate surface area is 81.7 Å². The van der Waals surface area contributed by atoms with Gasteiger partial charge in [-0.2, -0.15) is 0 Å². The molecule has 0 amide bonds. The second-order valence-electron chi connectivity index (χ2n) is 4.68. The van der Waals surface area contributed by atoms with Crippen LogP contribution in [0, 0.1) is 0 Å². The molecule has 1 saturated carbocycles. The van der Waals surface area contributed by atoms with Crippen LogP contribution in [0.25, 0.3) is 0 Å². The molecule has 13 heavy (non-hydrogen) atoms. The summed E-state index contributed by atoms with van der Waals surface area (Å²) in [7, 11) is 0. The van der Waals surface area contributed by atoms with Crippen LogP contribution < -0.4 is 5.32 Å². The van der Waals surface area contributed by atoms with Crippen molar-refractivity contribution in [2.75, 3.05) is 13.1 Å². The fourth-order valence-corrected chi connectivity index (χ4v) is 2.17. The maximum absolute atomic E-state index is 3.72. The molecule has 0 aromatic carbocycles. The molecule has 0 radical (unpaired) electrons. The first kappa shape index (κ1) is 9.47. The van der Waals surface area contributed by atoms with Crippen LogP contribution in [0.4, 0.5) is 0 Å². The van der Waals surface area contributed by atoms with Gasteiger partial charge in [-0.25, -0.2) is 0 Å². The summed E-state index contributed by atoms with van der Waals surface area (Å²) < 4.78 is 0. The second kappa shape index (κ2) is 3.97. The molecule has 2 heteroatoms. The van der Waals surface area contributed by atoms with E-state index in [0.29, 0.717) is 0 Å². The van der Waals surface area contributed by atoms with Crippen LogP contribution in [0.2, 0.25) is 0 Å². The quantitative estimate of drug-likeness (QED) is 0.710. The third kappa shape index (κ3) is 2.44. The lowest BCUT2D eigenvalue weighted by Gasteiger charge is -2.23. The Balaban J connectivity index is 1.72. The van der Waals surface area contributed by atoms with Crippen molar-refractivity contribution >= 4 is 0 Å². The normalized spacial score (nSPS) is 32.3. The molecule has 2 aliphatic rings. The average Bonchev–Trinajstić information content (AvgIpc) is 2.81. The number of likely N-dealkylation sites (tertiary alicyclic amines) is 1. The van der Waals surface area contributed by atoms with Gasteiger partial charge in [-0.05, 0) is 32.6 Å². The van der Waals surface area contributed by atoms with Gasteiger partial charge < -0.3 is 5.32 Å². The second-order valence-corrected chi connectivity index (χ2v) is 4.68. The predicted molar refractivity (Wildman–Crippen MR) is 55.9 cm³/mol. The standard InChI is InChI=1S/C11H22N2/c1-3-9(2)13-7-6-11(8-13)12-10-4-5-10/h9-12H,3-8H2,1-2H3. The summed E-state index contributed by atoms with van der Waals surface area (Å²) in [5.74, 6) is 0. The summed E-state index contributed by atoms with van der Waals surface area (Å²) in [6, 6.07) is 2.45. The van der Waals surface area contributed by atoms with Crippen molar-refractivity contribution in [1.29, 1.82) is 0 Å². The molecule has 2 unspecified atom stereocenters. The van der Waals surface area contributed by atoms with E-state index in [4.69, 9.17) is 0 Å². The monoisotopic (exact) mass is 182 g/mol. The molecule has 2 rings (SSSR count). The minimum absolute atomic E-state index is 0.783. The van der Waals surface area contributed by atoms with E-state index in [1.165, 1.54) is 38.8 Å². The zero-order valence-corrected chi connectivity index (χ0v) is 8.92. The summed E-state index contributed by atoms with van der Waals surface area (Å²) in [6.07, 6.45) is 5.48. The molecular weight excluding hydrogens is 160 g/mol. The lowest BCUT2D eigenvalue weighted by molar-refractivity contribution is 0.246. The van der Waals surface area contributed by atoms with Crippen molar-refractivity contribution in [2.45, 2.75) is 57.7 Å². The van der Waals surface area contributed by atoms with Crippen LogP contribution in [-0.4, -0.2) is 36.1 Å². The molecule has 1 heterocycles. The number of nitrogens with zero attached hydrogens (tertiary/aromatic N) is 1. The van der Waals surface area contributed by atoms with Crippen molar-refractivity contribution in [3.05, 3.63) is 0 Å². The van der Waals surface area contributed by atoms with Crippen LogP contribution >= 0.6 is 0 Å². The average molecular weight is 182 g/mol. The van der Waals surface area contributed by atoms with Gasteiger partial charge in [0.15, 0.2) is 0 Å². The SMILES string of the molecule is CCC(C)N1CCC(NC2CC2)C1. The Kier molecular flexibility index (Phi) is 2.89. The van der Waals surface area contributed by atoms with Gasteiger partial charge in [0, 0.05) is 31.2 Å². The van der Waals surface area contributed by atoms with Crippen LogP contribution in [0.15, 0.2) is 0 Å².